The van der Waals surface area contributed by atoms with Crippen LogP contribution in [0.15, 0.2) is 66.4 Å². The summed E-state index contributed by atoms with van der Waals surface area (Å²) < 4.78 is 41.2. The molecule has 264 valence electrons. The summed E-state index contributed by atoms with van der Waals surface area (Å²) in [5.74, 6) is 0.225. The number of esters is 1. The summed E-state index contributed by atoms with van der Waals surface area (Å²) in [5, 5.41) is 28.3. The van der Waals surface area contributed by atoms with E-state index in [2.05, 4.69) is 18.8 Å². The number of hydrogen-bond donors (Lipinski definition) is 4. The van der Waals surface area contributed by atoms with Crippen molar-refractivity contribution in [1.29, 1.82) is 10.7 Å². The van der Waals surface area contributed by atoms with Crippen LogP contribution < -0.4 is 10.5 Å². The van der Waals surface area contributed by atoms with E-state index in [1.807, 2.05) is 30.3 Å². The number of nitrogens with two attached hydrogens (primary N) is 1. The number of carbonyl (C=O) groups is 1. The van der Waals surface area contributed by atoms with Crippen LogP contribution in [0, 0.1) is 33.8 Å². The summed E-state index contributed by atoms with van der Waals surface area (Å²) >= 11 is 1.76. The van der Waals surface area contributed by atoms with E-state index in [1.54, 1.807) is 31.0 Å². The van der Waals surface area contributed by atoms with Gasteiger partial charge >= 0.3 is 5.97 Å². The quantitative estimate of drug-likeness (QED) is 0.0351. The molecule has 4 aromatic rings. The largest absolute Gasteiger partial charge is 0.466 e. The number of halogens is 2. The zero-order chi connectivity index (χ0) is 36.3. The molecule has 4 rings (SSSR count). The van der Waals surface area contributed by atoms with Crippen LogP contribution in [0.3, 0.4) is 0 Å². The highest BCUT2D eigenvalue weighted by molar-refractivity contribution is 7.99. The minimum Gasteiger partial charge on any atom is -0.466 e. The van der Waals surface area contributed by atoms with Gasteiger partial charge in [0.15, 0.2) is 11.6 Å². The predicted octanol–water partition coefficient (Wildman–Crippen LogP) is 8.78. The van der Waals surface area contributed by atoms with Gasteiger partial charge in [0.2, 0.25) is 0 Å². The number of aliphatic hydroxyl groups is 1. The molecular weight excluding hydrogens is 659 g/mol. The molecule has 0 bridgehead atoms. The Hall–Kier alpha value is -4.66. The molecule has 50 heavy (non-hydrogen) atoms. The number of aryl methyl sites for hydroxylation is 2. The molecule has 0 radical (unpaired) electrons. The average molecular weight is 703 g/mol. The van der Waals surface area contributed by atoms with Crippen molar-refractivity contribution in [3.05, 3.63) is 100 Å². The molecule has 0 spiro atoms. The third kappa shape index (κ3) is 10.2. The lowest BCUT2D eigenvalue weighted by Gasteiger charge is -2.25. The van der Waals surface area contributed by atoms with E-state index in [1.165, 1.54) is 18.2 Å². The summed E-state index contributed by atoms with van der Waals surface area (Å²) in [4.78, 5) is 14.8. The lowest BCUT2D eigenvalue weighted by atomic mass is 9.88. The lowest BCUT2D eigenvalue weighted by Crippen LogP contribution is -2.16. The van der Waals surface area contributed by atoms with Crippen molar-refractivity contribution in [1.82, 2.24) is 4.98 Å². The average Bonchev–Trinajstić information content (AvgIpc) is 3.56. The van der Waals surface area contributed by atoms with Crippen molar-refractivity contribution >= 4 is 40.5 Å². The standard InChI is InChI=1S/C39H44F2N4O4S/c1-4-48-36(47)13-10-25-7-5-8-26(19-25)35(46)9-6-16-39(2,3)24-50-18-15-30-29-14-17-45-34(29)21-33(41)38(30)49-28-11-12-32(40)31(20-28)37(44)27(22-42)23-43/h5,7-8,11-12,14,17,19-22,35,42,45-46H,4,6,9-10,13,15-16,18,24,44H2,1-3H3/b37-27+,42-22?. The van der Waals surface area contributed by atoms with Gasteiger partial charge in [-0.15, -0.1) is 0 Å². The third-order valence-electron chi connectivity index (χ3n) is 8.45. The van der Waals surface area contributed by atoms with Crippen LogP contribution in [0.5, 0.6) is 11.5 Å². The minimum absolute atomic E-state index is 0.00668. The van der Waals surface area contributed by atoms with E-state index < -0.39 is 17.7 Å². The number of allylic oxidation sites excluding steroid dienone is 1. The molecule has 8 nitrogen and oxygen atoms in total. The van der Waals surface area contributed by atoms with Crippen LogP contribution in [0.4, 0.5) is 8.78 Å². The Morgan fingerprint density at radius 2 is 1.96 bits per heavy atom. The second kappa shape index (κ2) is 17.8. The van der Waals surface area contributed by atoms with Crippen LogP contribution in [0.25, 0.3) is 16.6 Å². The molecule has 1 unspecified atom stereocenters. The minimum atomic E-state index is -0.697. The van der Waals surface area contributed by atoms with Gasteiger partial charge in [0, 0.05) is 46.9 Å². The van der Waals surface area contributed by atoms with Crippen LogP contribution in [0.2, 0.25) is 0 Å². The molecule has 0 amide bonds. The fraction of sp³-hybridized carbons (Fsp3) is 0.359. The second-order valence-electron chi connectivity index (χ2n) is 12.9. The Morgan fingerprint density at radius 3 is 2.70 bits per heavy atom. The van der Waals surface area contributed by atoms with Crippen molar-refractivity contribution in [2.75, 3.05) is 18.1 Å². The summed E-state index contributed by atoms with van der Waals surface area (Å²) in [7, 11) is 0. The first-order valence-electron chi connectivity index (χ1n) is 16.6. The molecule has 0 aliphatic rings. The van der Waals surface area contributed by atoms with Crippen molar-refractivity contribution in [3.63, 3.8) is 0 Å². The summed E-state index contributed by atoms with van der Waals surface area (Å²) in [6.45, 7) is 6.55. The number of nitriles is 1. The van der Waals surface area contributed by atoms with E-state index in [9.17, 15) is 19.6 Å². The number of benzene rings is 3. The second-order valence-corrected chi connectivity index (χ2v) is 14.0. The van der Waals surface area contributed by atoms with Crippen LogP contribution in [0.1, 0.15) is 74.8 Å². The molecule has 0 fully saturated rings. The summed E-state index contributed by atoms with van der Waals surface area (Å²) in [5.41, 5.74) is 8.58. The number of aromatic nitrogens is 1. The fourth-order valence-electron chi connectivity index (χ4n) is 5.76. The first-order chi connectivity index (χ1) is 24.0. The Balaban J connectivity index is 1.36. The maximum atomic E-state index is 15.5. The zero-order valence-electron chi connectivity index (χ0n) is 28.7. The van der Waals surface area contributed by atoms with Gasteiger partial charge in [-0.05, 0) is 91.3 Å². The van der Waals surface area contributed by atoms with E-state index in [4.69, 9.17) is 20.6 Å². The Labute approximate surface area is 296 Å². The number of H-pyrrole nitrogens is 1. The normalized spacial score (nSPS) is 12.7. The number of ether oxygens (including phenoxy) is 2. The molecular formula is C39H44F2N4O4S. The molecule has 0 aliphatic carbocycles. The number of rotatable bonds is 18. The molecule has 0 saturated carbocycles. The summed E-state index contributed by atoms with van der Waals surface area (Å²) in [6.07, 6.45) is 5.65. The van der Waals surface area contributed by atoms with Gasteiger partial charge < -0.3 is 30.7 Å². The highest BCUT2D eigenvalue weighted by Gasteiger charge is 2.21. The molecule has 1 heterocycles. The van der Waals surface area contributed by atoms with Gasteiger partial charge in [0.1, 0.15) is 17.6 Å². The number of fused-ring (bicyclic) bond motifs is 1. The highest BCUT2D eigenvalue weighted by atomic mass is 32.2. The first kappa shape index (κ1) is 38.1. The number of carbonyl (C=O) groups excluding carboxylic acids is 1. The maximum Gasteiger partial charge on any atom is 0.306 e. The van der Waals surface area contributed by atoms with Crippen molar-refractivity contribution in [2.45, 2.75) is 65.4 Å². The molecule has 0 aliphatic heterocycles. The smallest absolute Gasteiger partial charge is 0.306 e. The van der Waals surface area contributed by atoms with E-state index in [0.717, 1.165) is 47.4 Å². The topological polar surface area (TPSA) is 145 Å². The van der Waals surface area contributed by atoms with Gasteiger partial charge in [0.05, 0.1) is 24.0 Å². The molecule has 0 saturated heterocycles. The maximum absolute atomic E-state index is 15.5. The van der Waals surface area contributed by atoms with Crippen LogP contribution >= 0.6 is 11.8 Å². The highest BCUT2D eigenvalue weighted by Crippen LogP contribution is 2.37. The Kier molecular flexibility index (Phi) is 13.6. The number of hydrogen-bond acceptors (Lipinski definition) is 8. The first-order valence-corrected chi connectivity index (χ1v) is 17.8. The number of nitrogens with one attached hydrogen (secondary N) is 2. The van der Waals surface area contributed by atoms with Gasteiger partial charge in [-0.2, -0.15) is 17.0 Å². The molecule has 3 aromatic carbocycles. The third-order valence-corrected chi connectivity index (χ3v) is 9.93. The number of thioether (sulfide) groups is 1. The Bertz CT molecular complexity index is 1880. The number of aliphatic hydroxyl groups excluding tert-OH is 1. The molecule has 5 N–H and O–H groups in total. The van der Waals surface area contributed by atoms with E-state index >= 15 is 4.39 Å². The van der Waals surface area contributed by atoms with Gasteiger partial charge in [-0.3, -0.25) is 4.79 Å². The number of aromatic amines is 1. The van der Waals surface area contributed by atoms with Crippen molar-refractivity contribution in [3.8, 4) is 17.6 Å². The van der Waals surface area contributed by atoms with Gasteiger partial charge in [-0.1, -0.05) is 38.1 Å². The fourth-order valence-corrected chi connectivity index (χ4v) is 6.95. The zero-order valence-corrected chi connectivity index (χ0v) is 29.5. The van der Waals surface area contributed by atoms with Crippen LogP contribution in [-0.4, -0.2) is 40.4 Å². The van der Waals surface area contributed by atoms with E-state index in [0.29, 0.717) is 49.1 Å². The Morgan fingerprint density at radius 1 is 1.16 bits per heavy atom. The molecule has 1 aromatic heterocycles. The molecule has 11 heteroatoms. The summed E-state index contributed by atoms with van der Waals surface area (Å²) in [6, 6.07) is 16.5. The molecule has 1 atom stereocenters. The van der Waals surface area contributed by atoms with Gasteiger partial charge in [0.25, 0.3) is 0 Å². The van der Waals surface area contributed by atoms with Gasteiger partial charge in [-0.25, -0.2) is 8.78 Å². The predicted molar refractivity (Wildman–Crippen MR) is 195 cm³/mol. The number of nitrogens with zero attached hydrogens (tertiary/aromatic N) is 1. The van der Waals surface area contributed by atoms with Crippen molar-refractivity contribution in [2.24, 2.45) is 11.1 Å². The van der Waals surface area contributed by atoms with Crippen LogP contribution in [-0.2, 0) is 22.4 Å². The monoisotopic (exact) mass is 702 g/mol. The van der Waals surface area contributed by atoms with Crippen molar-refractivity contribution < 1.29 is 28.2 Å². The SMILES string of the molecule is CCOC(=O)CCc1cccc(C(O)CCCC(C)(C)CSCCc2c(Oc3ccc(F)c(/C(N)=C(\C#N)C=N)c3)c(F)cc3[nH]ccc23)c1. The van der Waals surface area contributed by atoms with E-state index in [-0.39, 0.29) is 39.7 Å². The lowest BCUT2D eigenvalue weighted by molar-refractivity contribution is -0.143.